The molecule has 0 aliphatic heterocycles. The molecule has 2 radical (unpaired) electrons. The molecule has 0 aliphatic carbocycles. The first-order valence-electron chi connectivity index (χ1n) is 8.09. The Morgan fingerprint density at radius 3 is 1.65 bits per heavy atom. The van der Waals surface area contributed by atoms with Gasteiger partial charge in [-0.3, -0.25) is 0 Å². The molecular weight excluding hydrogens is 239 g/mol. The number of benzene rings is 2. The fourth-order valence-corrected chi connectivity index (χ4v) is 2.30. The van der Waals surface area contributed by atoms with E-state index in [1.54, 1.807) is 0 Å². The van der Waals surface area contributed by atoms with E-state index in [9.17, 15) is 0 Å². The minimum atomic E-state index is 0.553. The lowest BCUT2D eigenvalue weighted by molar-refractivity contribution is 0.650. The quantitative estimate of drug-likeness (QED) is 0.596. The molecule has 0 spiro atoms. The molecule has 1 heteroatoms. The van der Waals surface area contributed by atoms with Crippen molar-refractivity contribution in [3.63, 3.8) is 0 Å². The van der Waals surface area contributed by atoms with Crippen molar-refractivity contribution < 1.29 is 1.37 Å². The second-order valence-corrected chi connectivity index (χ2v) is 4.52. The number of unbranched alkanes of at least 4 members (excludes halogenated alkanes) is 1. The van der Waals surface area contributed by atoms with Gasteiger partial charge in [0.2, 0.25) is 0 Å². The Labute approximate surface area is 128 Å². The topological polar surface area (TPSA) is 0 Å². The summed E-state index contributed by atoms with van der Waals surface area (Å²) in [7, 11) is 5.75. The van der Waals surface area contributed by atoms with Gasteiger partial charge in [-0.05, 0) is 17.5 Å². The number of rotatable bonds is 5. The van der Waals surface area contributed by atoms with Crippen LogP contribution in [-0.4, -0.2) is 7.85 Å². The zero-order valence-electron chi connectivity index (χ0n) is 14.0. The average molecular weight is 267 g/mol. The largest absolute Gasteiger partial charge is 0.0999 e. The molecule has 0 N–H and O–H groups in total. The summed E-state index contributed by atoms with van der Waals surface area (Å²) in [5.74, 6) is 0.553. The van der Waals surface area contributed by atoms with Gasteiger partial charge in [0.1, 0.15) is 0 Å². The first-order chi connectivity index (χ1) is 10.4. The lowest BCUT2D eigenvalue weighted by Gasteiger charge is -2.17. The molecule has 0 aliphatic rings. The van der Waals surface area contributed by atoms with E-state index >= 15 is 0 Å². The highest BCUT2D eigenvalue weighted by Crippen LogP contribution is 2.29. The lowest BCUT2D eigenvalue weighted by atomic mass is 9.87. The molecule has 0 saturated carbocycles. The summed E-state index contributed by atoms with van der Waals surface area (Å²) in [5.41, 5.74) is 2.87. The second kappa shape index (κ2) is 11.3. The van der Waals surface area contributed by atoms with E-state index in [-0.39, 0.29) is 0 Å². The van der Waals surface area contributed by atoms with E-state index < -0.39 is 0 Å². The van der Waals surface area contributed by atoms with Crippen molar-refractivity contribution in [2.24, 2.45) is 0 Å². The van der Waals surface area contributed by atoms with Crippen LogP contribution in [-0.2, 0) is 0 Å². The zero-order chi connectivity index (χ0) is 15.9. The maximum Gasteiger partial charge on any atom is 0.0606 e. The third kappa shape index (κ3) is 5.65. The Kier molecular flexibility index (Phi) is 9.39. The molecule has 20 heavy (non-hydrogen) atoms. The van der Waals surface area contributed by atoms with E-state index in [0.29, 0.717) is 5.92 Å². The number of hydrogen-bond acceptors (Lipinski definition) is 0. The summed E-state index contributed by atoms with van der Waals surface area (Å²) < 4.78 is 5.75. The van der Waals surface area contributed by atoms with Gasteiger partial charge in [-0.15, -0.1) is 0 Å². The summed E-state index contributed by atoms with van der Waals surface area (Å²) in [5, 5.41) is 0. The molecule has 0 amide bonds. The van der Waals surface area contributed by atoms with Crippen molar-refractivity contribution in [3.05, 3.63) is 71.8 Å². The van der Waals surface area contributed by atoms with Crippen LogP contribution in [0.2, 0.25) is 6.82 Å². The molecular formula is C19H27B. The van der Waals surface area contributed by atoms with Crippen LogP contribution in [0.1, 0.15) is 52.0 Å². The minimum absolute atomic E-state index is 0.553. The maximum atomic E-state index is 5.75. The van der Waals surface area contributed by atoms with Crippen LogP contribution in [0.4, 0.5) is 0 Å². The Balaban J connectivity index is 0.000000921. The smallest absolute Gasteiger partial charge is 0.0606 e. The van der Waals surface area contributed by atoms with Crippen LogP contribution in [0.25, 0.3) is 0 Å². The molecule has 0 fully saturated rings. The lowest BCUT2D eigenvalue weighted by Crippen LogP contribution is -2.00. The highest BCUT2D eigenvalue weighted by molar-refractivity contribution is 6.05. The molecule has 0 saturated heterocycles. The van der Waals surface area contributed by atoms with Gasteiger partial charge in [0.15, 0.2) is 0 Å². The van der Waals surface area contributed by atoms with Gasteiger partial charge in [-0.25, -0.2) is 0 Å². The van der Waals surface area contributed by atoms with Crippen molar-refractivity contribution in [3.8, 4) is 0 Å². The average Bonchev–Trinajstić information content (AvgIpc) is 2.61. The summed E-state index contributed by atoms with van der Waals surface area (Å²) in [6.45, 7) is 3.76. The van der Waals surface area contributed by atoms with Crippen LogP contribution in [0.5, 0.6) is 0 Å². The predicted molar refractivity (Wildman–Crippen MR) is 92.6 cm³/mol. The fraction of sp³-hybridized carbons (Fsp3) is 0.368. The van der Waals surface area contributed by atoms with Crippen molar-refractivity contribution in [1.29, 1.82) is 0 Å². The summed E-state index contributed by atoms with van der Waals surface area (Å²) in [4.78, 5) is 0. The summed E-state index contributed by atoms with van der Waals surface area (Å²) >= 11 is 0. The SMILES string of the molecule is CCCCC(c1ccccc1)c1ccccc1.[2H]C.[B]C. The minimum Gasteiger partial charge on any atom is -0.0999 e. The fourth-order valence-electron chi connectivity index (χ4n) is 2.30. The van der Waals surface area contributed by atoms with Crippen LogP contribution < -0.4 is 0 Å². The molecule has 0 heterocycles. The van der Waals surface area contributed by atoms with Crippen molar-refractivity contribution >= 4 is 7.85 Å². The van der Waals surface area contributed by atoms with E-state index in [0.717, 1.165) is 0 Å². The number of hydrogen-bond donors (Lipinski definition) is 0. The summed E-state index contributed by atoms with van der Waals surface area (Å²) in [6, 6.07) is 21.7. The Bertz CT molecular complexity index is 388. The van der Waals surface area contributed by atoms with E-state index in [4.69, 9.17) is 1.37 Å². The Morgan fingerprint density at radius 1 is 0.900 bits per heavy atom. The van der Waals surface area contributed by atoms with Crippen LogP contribution in [0.3, 0.4) is 0 Å². The van der Waals surface area contributed by atoms with Gasteiger partial charge in [0, 0.05) is 7.29 Å². The normalized spacial score (nSPS) is 9.70. The van der Waals surface area contributed by atoms with Crippen LogP contribution >= 0.6 is 0 Å². The van der Waals surface area contributed by atoms with Gasteiger partial charge in [-0.1, -0.05) is 94.7 Å². The second-order valence-electron chi connectivity index (χ2n) is 4.52. The van der Waals surface area contributed by atoms with Crippen LogP contribution in [0.15, 0.2) is 60.7 Å². The van der Waals surface area contributed by atoms with Gasteiger partial charge in [0.25, 0.3) is 0 Å². The molecule has 106 valence electrons. The summed E-state index contributed by atoms with van der Waals surface area (Å²) in [6.07, 6.45) is 3.79. The van der Waals surface area contributed by atoms with Gasteiger partial charge >= 0.3 is 0 Å². The molecule has 0 unspecified atom stereocenters. The van der Waals surface area contributed by atoms with Crippen molar-refractivity contribution in [1.82, 2.24) is 0 Å². The molecule has 2 rings (SSSR count). The highest BCUT2D eigenvalue weighted by Gasteiger charge is 2.12. The molecule has 0 bridgehead atoms. The van der Waals surface area contributed by atoms with E-state index in [1.807, 2.05) is 0 Å². The van der Waals surface area contributed by atoms with Crippen LogP contribution in [0, 0.1) is 0 Å². The van der Waals surface area contributed by atoms with Crippen molar-refractivity contribution in [2.45, 2.75) is 46.3 Å². The standard InChI is InChI=1S/C17H20.CH3B.CH4/c1-2-3-14-17(15-10-6-4-7-11-15)16-12-8-5-9-13-16;1-2;/h4-13,17H,2-3,14H2,1H3;1H3;1H4/i;;1D. The molecule has 2 aromatic carbocycles. The third-order valence-corrected chi connectivity index (χ3v) is 3.25. The molecule has 0 aromatic heterocycles. The van der Waals surface area contributed by atoms with Crippen molar-refractivity contribution in [2.75, 3.05) is 0 Å². The monoisotopic (exact) mass is 267 g/mol. The Morgan fingerprint density at radius 2 is 1.30 bits per heavy atom. The van der Waals surface area contributed by atoms with Gasteiger partial charge < -0.3 is 0 Å². The Hall–Kier alpha value is -1.50. The van der Waals surface area contributed by atoms with Gasteiger partial charge in [-0.2, -0.15) is 0 Å². The molecule has 2 aromatic rings. The van der Waals surface area contributed by atoms with E-state index in [2.05, 4.69) is 75.4 Å². The first kappa shape index (κ1) is 16.6. The van der Waals surface area contributed by atoms with Gasteiger partial charge in [0.05, 0.1) is 7.85 Å². The van der Waals surface area contributed by atoms with E-state index in [1.165, 1.54) is 44.6 Å². The molecule has 0 atom stereocenters. The molecule has 0 nitrogen and oxygen atoms in total. The maximum absolute atomic E-state index is 5.75. The third-order valence-electron chi connectivity index (χ3n) is 3.25. The highest BCUT2D eigenvalue weighted by atomic mass is 14.2. The first-order valence-corrected chi connectivity index (χ1v) is 7.09. The predicted octanol–water partition coefficient (Wildman–Crippen LogP) is 5.85. The zero-order valence-corrected chi connectivity index (χ0v) is 13.0.